The van der Waals surface area contributed by atoms with Gasteiger partial charge in [0.05, 0.1) is 39.4 Å². The molecule has 0 spiro atoms. The van der Waals surface area contributed by atoms with Crippen molar-refractivity contribution in [3.8, 4) is 51.6 Å². The van der Waals surface area contributed by atoms with Crippen LogP contribution in [0, 0.1) is 11.3 Å². The van der Waals surface area contributed by atoms with Crippen LogP contribution < -0.4 is 0 Å². The highest BCUT2D eigenvalue weighted by molar-refractivity contribution is 6.24. The second-order valence-electron chi connectivity index (χ2n) is 17.1. The lowest BCUT2D eigenvalue weighted by atomic mass is 9.80. The summed E-state index contributed by atoms with van der Waals surface area (Å²) >= 11 is 0. The van der Waals surface area contributed by atoms with Gasteiger partial charge in [-0.1, -0.05) is 155 Å². The van der Waals surface area contributed by atoms with Gasteiger partial charge < -0.3 is 4.57 Å². The van der Waals surface area contributed by atoms with E-state index in [9.17, 15) is 5.26 Å². The first-order valence-electron chi connectivity index (χ1n) is 20.2. The Labute approximate surface area is 342 Å². The second-order valence-corrected chi connectivity index (χ2v) is 17.1. The van der Waals surface area contributed by atoms with E-state index in [-0.39, 0.29) is 10.8 Å². The molecule has 0 amide bonds. The Morgan fingerprint density at radius 2 is 1.08 bits per heavy atom. The number of para-hydroxylation sites is 3. The minimum absolute atomic E-state index is 0.00264. The van der Waals surface area contributed by atoms with Gasteiger partial charge in [-0.25, -0.2) is 4.98 Å². The molecule has 11 rings (SSSR count). The predicted octanol–water partition coefficient (Wildman–Crippen LogP) is 12.9. The van der Waals surface area contributed by atoms with Crippen molar-refractivity contribution in [2.24, 2.45) is 0 Å². The van der Waals surface area contributed by atoms with Crippen molar-refractivity contribution in [2.75, 3.05) is 0 Å². The van der Waals surface area contributed by atoms with Crippen molar-refractivity contribution >= 4 is 43.6 Å². The molecule has 0 fully saturated rings. The average Bonchev–Trinajstić information content (AvgIpc) is 3.85. The van der Waals surface area contributed by atoms with E-state index in [0.717, 1.165) is 61.5 Å². The number of fused-ring (bicyclic) bond motifs is 8. The van der Waals surface area contributed by atoms with Crippen molar-refractivity contribution in [2.45, 2.75) is 44.9 Å². The fourth-order valence-corrected chi connectivity index (χ4v) is 10.3. The van der Waals surface area contributed by atoms with E-state index in [2.05, 4.69) is 146 Å². The zero-order chi connectivity index (χ0) is 40.0. The number of benzene rings is 7. The van der Waals surface area contributed by atoms with Crippen LogP contribution in [0.4, 0.5) is 0 Å². The highest BCUT2D eigenvalue weighted by Crippen LogP contribution is 2.53. The molecule has 6 heteroatoms. The van der Waals surface area contributed by atoms with Crippen LogP contribution in [-0.2, 0) is 10.8 Å². The van der Waals surface area contributed by atoms with E-state index in [1.54, 1.807) is 6.07 Å². The normalized spacial score (nSPS) is 14.3. The van der Waals surface area contributed by atoms with E-state index in [4.69, 9.17) is 15.0 Å². The average molecular weight is 761 g/mol. The van der Waals surface area contributed by atoms with Crippen molar-refractivity contribution in [3.63, 3.8) is 0 Å². The summed E-state index contributed by atoms with van der Waals surface area (Å²) in [5.41, 5.74) is 12.9. The van der Waals surface area contributed by atoms with Crippen LogP contribution in [0.1, 0.15) is 50.8 Å². The Kier molecular flexibility index (Phi) is 7.58. The Bertz CT molecular complexity index is 3380. The molecular weight excluding hydrogens is 721 g/mol. The van der Waals surface area contributed by atoms with E-state index >= 15 is 0 Å². The fourth-order valence-electron chi connectivity index (χ4n) is 10.3. The van der Waals surface area contributed by atoms with Gasteiger partial charge >= 0.3 is 0 Å². The molecule has 0 atom stereocenters. The number of hydrogen-bond donors (Lipinski definition) is 0. The molecule has 0 saturated heterocycles. The molecule has 3 heterocycles. The predicted molar refractivity (Wildman–Crippen MR) is 240 cm³/mol. The highest BCUT2D eigenvalue weighted by atomic mass is 15.2. The van der Waals surface area contributed by atoms with Crippen LogP contribution >= 0.6 is 0 Å². The monoisotopic (exact) mass is 760 g/mol. The number of nitriles is 1. The van der Waals surface area contributed by atoms with Crippen LogP contribution in [0.15, 0.2) is 158 Å². The lowest BCUT2D eigenvalue weighted by Gasteiger charge is -2.24. The maximum absolute atomic E-state index is 9.84. The highest BCUT2D eigenvalue weighted by Gasteiger charge is 2.43. The molecule has 1 aliphatic rings. The molecule has 0 aliphatic heterocycles. The first kappa shape index (κ1) is 34.9. The van der Waals surface area contributed by atoms with Crippen LogP contribution in [0.5, 0.6) is 0 Å². The first-order valence-corrected chi connectivity index (χ1v) is 20.2. The molecule has 6 nitrogen and oxygen atoms in total. The Hall–Kier alpha value is -7.36. The number of rotatable bonds is 5. The van der Waals surface area contributed by atoms with Gasteiger partial charge in [-0.3, -0.25) is 4.57 Å². The van der Waals surface area contributed by atoms with Gasteiger partial charge in [0.1, 0.15) is 0 Å². The third-order valence-electron chi connectivity index (χ3n) is 12.4. The van der Waals surface area contributed by atoms with Crippen molar-refractivity contribution in [1.82, 2.24) is 24.1 Å². The second kappa shape index (κ2) is 12.8. The van der Waals surface area contributed by atoms with E-state index in [1.807, 2.05) is 48.5 Å². The largest absolute Gasteiger partial charge is 0.307 e. The molecule has 282 valence electrons. The molecule has 10 aromatic rings. The molecule has 3 aromatic heterocycles. The quantitative estimate of drug-likeness (QED) is 0.175. The van der Waals surface area contributed by atoms with Crippen molar-refractivity contribution in [3.05, 3.63) is 174 Å². The summed E-state index contributed by atoms with van der Waals surface area (Å²) in [5.74, 6) is 1.56. The first-order chi connectivity index (χ1) is 28.7. The zero-order valence-electron chi connectivity index (χ0n) is 33.4. The summed E-state index contributed by atoms with van der Waals surface area (Å²) in [5, 5.41) is 14.4. The number of nitrogens with zero attached hydrogens (tertiary/aromatic N) is 6. The van der Waals surface area contributed by atoms with Crippen LogP contribution in [0.3, 0.4) is 0 Å². The third kappa shape index (κ3) is 5.28. The van der Waals surface area contributed by atoms with Gasteiger partial charge in [0.15, 0.2) is 11.6 Å². The third-order valence-corrected chi connectivity index (χ3v) is 12.4. The Balaban J connectivity index is 1.28. The smallest absolute Gasteiger partial charge is 0.238 e. The lowest BCUT2D eigenvalue weighted by Crippen LogP contribution is -2.18. The van der Waals surface area contributed by atoms with Gasteiger partial charge in [-0.2, -0.15) is 15.2 Å². The van der Waals surface area contributed by atoms with Crippen LogP contribution in [-0.4, -0.2) is 24.1 Å². The molecule has 0 unspecified atom stereocenters. The SMILES string of the molecule is CC1(C)CC(C)(C)c2c(-c3ccccc3-n3c4ccccc4c4ccc5c6ccccc6n(-c6nc(-c7ccccc7)nc(-c7cccc(C#N)c7)n6)c5c43)cccc21. The van der Waals surface area contributed by atoms with Gasteiger partial charge in [-0.15, -0.1) is 0 Å². The molecule has 7 aromatic carbocycles. The van der Waals surface area contributed by atoms with Crippen LogP contribution in [0.25, 0.3) is 89.2 Å². The molecule has 0 bridgehead atoms. The van der Waals surface area contributed by atoms with Crippen LogP contribution in [0.2, 0.25) is 0 Å². The molecule has 1 aliphatic carbocycles. The van der Waals surface area contributed by atoms with E-state index in [0.29, 0.717) is 23.2 Å². The minimum atomic E-state index is 0.00264. The van der Waals surface area contributed by atoms with Gasteiger partial charge in [0, 0.05) is 38.2 Å². The molecule has 0 saturated carbocycles. The molecule has 0 radical (unpaired) electrons. The number of aromatic nitrogens is 5. The summed E-state index contributed by atoms with van der Waals surface area (Å²) in [4.78, 5) is 15.6. The minimum Gasteiger partial charge on any atom is -0.307 e. The maximum atomic E-state index is 9.84. The standard InChI is InChI=1S/C53H40N6/c1-52(2)32-53(3,4)46-39(23-15-24-42(46)52)36-20-8-11-25-43(36)58-44-26-12-9-21-37(44)40-28-29-41-38-22-10-13-27-45(38)59(48(41)47(40)58)51-56-49(34-17-6-5-7-18-34)55-50(57-51)35-19-14-16-33(30-35)31-54/h5-30H,32H2,1-4H3. The fraction of sp³-hybridized carbons (Fsp3) is 0.132. The number of hydrogen-bond acceptors (Lipinski definition) is 4. The summed E-state index contributed by atoms with van der Waals surface area (Å²) in [6.45, 7) is 9.57. The molecule has 0 N–H and O–H groups in total. The van der Waals surface area contributed by atoms with Gasteiger partial charge in [0.25, 0.3) is 0 Å². The summed E-state index contributed by atoms with van der Waals surface area (Å²) in [6.07, 6.45) is 1.09. The van der Waals surface area contributed by atoms with Crippen molar-refractivity contribution < 1.29 is 0 Å². The van der Waals surface area contributed by atoms with Crippen molar-refractivity contribution in [1.29, 1.82) is 5.26 Å². The summed E-state index contributed by atoms with van der Waals surface area (Å²) in [7, 11) is 0. The lowest BCUT2D eigenvalue weighted by molar-refractivity contribution is 0.403. The topological polar surface area (TPSA) is 72.3 Å². The van der Waals surface area contributed by atoms with Gasteiger partial charge in [-0.05, 0) is 64.3 Å². The Morgan fingerprint density at radius 3 is 1.81 bits per heavy atom. The summed E-state index contributed by atoms with van der Waals surface area (Å²) < 4.78 is 4.70. The molecular formula is C53H40N6. The Morgan fingerprint density at radius 1 is 0.508 bits per heavy atom. The molecule has 59 heavy (non-hydrogen) atoms. The van der Waals surface area contributed by atoms with E-state index < -0.39 is 0 Å². The van der Waals surface area contributed by atoms with E-state index in [1.165, 1.54) is 27.6 Å². The maximum Gasteiger partial charge on any atom is 0.238 e. The van der Waals surface area contributed by atoms with Gasteiger partial charge in [0.2, 0.25) is 5.95 Å². The zero-order valence-corrected chi connectivity index (χ0v) is 33.4. The summed E-state index contributed by atoms with van der Waals surface area (Å²) in [6, 6.07) is 57.4.